The lowest BCUT2D eigenvalue weighted by Crippen LogP contribution is -2.26. The number of aromatic nitrogens is 6. The number of aliphatic hydroxyl groups excluding tert-OH is 2. The number of ether oxygens (including phenoxy) is 2. The Hall–Kier alpha value is -2.78. The molecule has 0 radical (unpaired) electrons. The number of H-pyrrole nitrogens is 1. The fourth-order valence-electron chi connectivity index (χ4n) is 3.43. The van der Waals surface area contributed by atoms with Crippen molar-refractivity contribution in [2.24, 2.45) is 0 Å². The molecular formula is C18H23N7O6S. The van der Waals surface area contributed by atoms with Gasteiger partial charge in [-0.2, -0.15) is 4.98 Å². The van der Waals surface area contributed by atoms with Gasteiger partial charge in [-0.25, -0.2) is 14.8 Å². The smallest absolute Gasteiger partial charge is 0.350 e. The highest BCUT2D eigenvalue weighted by Gasteiger charge is 2.28. The average molecular weight is 465 g/mol. The summed E-state index contributed by atoms with van der Waals surface area (Å²) in [6, 6.07) is 1.56. The van der Waals surface area contributed by atoms with Crippen LogP contribution in [0, 0.1) is 0 Å². The van der Waals surface area contributed by atoms with Crippen LogP contribution in [-0.4, -0.2) is 70.6 Å². The zero-order chi connectivity index (χ0) is 22.7. The van der Waals surface area contributed by atoms with Gasteiger partial charge >= 0.3 is 5.69 Å². The molecule has 5 rings (SSSR count). The maximum absolute atomic E-state index is 11.5. The Bertz CT molecular complexity index is 1180. The van der Waals surface area contributed by atoms with Crippen molar-refractivity contribution >= 4 is 28.7 Å². The van der Waals surface area contributed by atoms with E-state index in [2.05, 4.69) is 19.9 Å². The van der Waals surface area contributed by atoms with Crippen molar-refractivity contribution in [1.29, 1.82) is 0 Å². The van der Waals surface area contributed by atoms with Gasteiger partial charge in [0.2, 0.25) is 0 Å². The fourth-order valence-corrected chi connectivity index (χ4v) is 4.47. The van der Waals surface area contributed by atoms with Crippen molar-refractivity contribution in [3.05, 3.63) is 45.8 Å². The van der Waals surface area contributed by atoms with E-state index < -0.39 is 5.69 Å². The summed E-state index contributed by atoms with van der Waals surface area (Å²) in [7, 11) is 0. The molecule has 0 unspecified atom stereocenters. The summed E-state index contributed by atoms with van der Waals surface area (Å²) in [5.41, 5.74) is 5.28. The Kier molecular flexibility index (Phi) is 6.86. The second-order valence-electron chi connectivity index (χ2n) is 7.11. The highest BCUT2D eigenvalue weighted by Crippen LogP contribution is 2.34. The molecule has 172 valence electrons. The van der Waals surface area contributed by atoms with E-state index in [1.54, 1.807) is 23.2 Å². The van der Waals surface area contributed by atoms with Gasteiger partial charge in [-0.1, -0.05) is 0 Å². The van der Waals surface area contributed by atoms with Gasteiger partial charge in [-0.3, -0.25) is 13.9 Å². The van der Waals surface area contributed by atoms with Crippen molar-refractivity contribution in [3.63, 3.8) is 0 Å². The number of rotatable bonds is 4. The number of nitrogen functional groups attached to an aromatic ring is 1. The Balaban J connectivity index is 0.000000155. The lowest BCUT2D eigenvalue weighted by Gasteiger charge is -2.13. The summed E-state index contributed by atoms with van der Waals surface area (Å²) in [5.74, 6) is 0.207. The largest absolute Gasteiger partial charge is 0.394 e. The number of fused-ring (bicyclic) bond motifs is 1. The third-order valence-electron chi connectivity index (χ3n) is 5.01. The molecule has 3 aromatic rings. The predicted molar refractivity (Wildman–Crippen MR) is 115 cm³/mol. The van der Waals surface area contributed by atoms with Crippen LogP contribution in [0.15, 0.2) is 34.5 Å². The van der Waals surface area contributed by atoms with Gasteiger partial charge in [0.25, 0.3) is 5.56 Å². The molecule has 32 heavy (non-hydrogen) atoms. The van der Waals surface area contributed by atoms with Crippen LogP contribution < -0.4 is 17.0 Å². The van der Waals surface area contributed by atoms with Crippen LogP contribution in [0.4, 0.5) is 5.82 Å². The minimum Gasteiger partial charge on any atom is -0.394 e. The van der Waals surface area contributed by atoms with Crippen molar-refractivity contribution in [2.45, 2.75) is 36.0 Å². The molecule has 0 saturated carbocycles. The van der Waals surface area contributed by atoms with Crippen LogP contribution in [0.5, 0.6) is 0 Å². The van der Waals surface area contributed by atoms with Crippen molar-refractivity contribution in [3.8, 4) is 0 Å². The maximum atomic E-state index is 11.5. The monoisotopic (exact) mass is 465 g/mol. The lowest BCUT2D eigenvalue weighted by molar-refractivity contribution is -0.0207. The van der Waals surface area contributed by atoms with Crippen LogP contribution in [0.3, 0.4) is 0 Å². The topological polar surface area (TPSA) is 183 Å². The second-order valence-corrected chi connectivity index (χ2v) is 8.45. The number of imidazole rings is 1. The Labute approximate surface area is 185 Å². The predicted octanol–water partition coefficient (Wildman–Crippen LogP) is -0.805. The first-order valence-corrected chi connectivity index (χ1v) is 10.8. The van der Waals surface area contributed by atoms with Crippen LogP contribution in [-0.2, 0) is 9.47 Å². The van der Waals surface area contributed by atoms with Gasteiger partial charge in [0.05, 0.1) is 38.6 Å². The lowest BCUT2D eigenvalue weighted by atomic mass is 10.2. The van der Waals surface area contributed by atoms with Crippen molar-refractivity contribution in [2.75, 3.05) is 25.6 Å². The number of nitrogens with zero attached hydrogens (tertiary/aromatic N) is 5. The summed E-state index contributed by atoms with van der Waals surface area (Å²) < 4.78 is 14.1. The van der Waals surface area contributed by atoms with Crippen molar-refractivity contribution < 1.29 is 19.7 Å². The van der Waals surface area contributed by atoms with Crippen molar-refractivity contribution in [1.82, 2.24) is 29.1 Å². The molecule has 2 aliphatic heterocycles. The molecule has 0 bridgehead atoms. The molecule has 5 N–H and O–H groups in total. The zero-order valence-electron chi connectivity index (χ0n) is 16.9. The third-order valence-corrected chi connectivity index (χ3v) is 6.27. The molecular weight excluding hydrogens is 442 g/mol. The zero-order valence-corrected chi connectivity index (χ0v) is 17.7. The number of hydrogen-bond acceptors (Lipinski definition) is 11. The standard InChI is InChI=1S/C10H12N4O3.C8H11N3O3S/c15-3-6-1-2-7(17-6)14-5-13-8-9(14)11-4-12-10(8)16;9-5-1-2-11(8(13)10-5)6-4-14-7(3-12)15-6/h4-7,15H,1-3H2,(H,11,12,16);1-2,6-7,12H,3-4H2,(H2,9,10,13)/t6-,7+;6-,7-/m01/s1. The molecule has 0 amide bonds. The van der Waals surface area contributed by atoms with Crippen LogP contribution in [0.25, 0.3) is 11.2 Å². The molecule has 2 saturated heterocycles. The minimum absolute atomic E-state index is 0.0111. The number of aliphatic hydroxyl groups is 2. The maximum Gasteiger partial charge on any atom is 0.350 e. The first-order valence-electron chi connectivity index (χ1n) is 9.89. The number of thioether (sulfide) groups is 1. The Morgan fingerprint density at radius 2 is 2.06 bits per heavy atom. The molecule has 2 aliphatic rings. The fraction of sp³-hybridized carbons (Fsp3) is 0.500. The minimum atomic E-state index is -0.394. The molecule has 0 aromatic carbocycles. The van der Waals surface area contributed by atoms with Gasteiger partial charge in [-0.15, -0.1) is 11.8 Å². The van der Waals surface area contributed by atoms with E-state index in [0.29, 0.717) is 17.8 Å². The number of anilines is 1. The van der Waals surface area contributed by atoms with Crippen LogP contribution >= 0.6 is 11.8 Å². The highest BCUT2D eigenvalue weighted by molar-refractivity contribution is 8.00. The number of hydrogen-bond donors (Lipinski definition) is 4. The van der Waals surface area contributed by atoms with E-state index in [1.165, 1.54) is 22.7 Å². The molecule has 14 heteroatoms. The summed E-state index contributed by atoms with van der Waals surface area (Å²) in [4.78, 5) is 37.2. The summed E-state index contributed by atoms with van der Waals surface area (Å²) in [6.45, 7) is 0.344. The van der Waals surface area contributed by atoms with Gasteiger partial charge in [-0.05, 0) is 18.9 Å². The van der Waals surface area contributed by atoms with E-state index in [0.717, 1.165) is 12.8 Å². The summed E-state index contributed by atoms with van der Waals surface area (Å²) in [5, 5.41) is 17.8. The molecule has 3 aromatic heterocycles. The first-order chi connectivity index (χ1) is 15.5. The van der Waals surface area contributed by atoms with Gasteiger partial charge in [0.1, 0.15) is 22.9 Å². The number of aromatic amines is 1. The van der Waals surface area contributed by atoms with Crippen LogP contribution in [0.2, 0.25) is 0 Å². The normalized spacial score (nSPS) is 25.1. The number of nitrogens with two attached hydrogens (primary N) is 1. The molecule has 5 heterocycles. The van der Waals surface area contributed by atoms with Gasteiger partial charge in [0, 0.05) is 6.20 Å². The van der Waals surface area contributed by atoms with Gasteiger partial charge in [0.15, 0.2) is 11.2 Å². The second kappa shape index (κ2) is 9.79. The average Bonchev–Trinajstić information content (AvgIpc) is 3.53. The SMILES string of the molecule is Nc1ccn([C@H]2CO[C@@H](CO)S2)c(=O)n1.O=c1[nH]cnc2c1ncn2[C@H]1CC[C@@H](CO)O1. The van der Waals surface area contributed by atoms with E-state index in [4.69, 9.17) is 25.4 Å². The van der Waals surface area contributed by atoms with E-state index in [1.807, 2.05) is 0 Å². The molecule has 4 atom stereocenters. The van der Waals surface area contributed by atoms with E-state index in [9.17, 15) is 9.59 Å². The summed E-state index contributed by atoms with van der Waals surface area (Å²) >= 11 is 1.39. The Morgan fingerprint density at radius 3 is 2.75 bits per heavy atom. The molecule has 13 nitrogen and oxygen atoms in total. The summed E-state index contributed by atoms with van der Waals surface area (Å²) in [6.07, 6.45) is 5.73. The van der Waals surface area contributed by atoms with E-state index >= 15 is 0 Å². The van der Waals surface area contributed by atoms with Crippen LogP contribution in [0.1, 0.15) is 24.4 Å². The third kappa shape index (κ3) is 4.68. The number of nitrogens with one attached hydrogen (secondary N) is 1. The van der Waals surface area contributed by atoms with Gasteiger partial charge < -0.3 is 30.4 Å². The molecule has 2 fully saturated rings. The molecule has 0 spiro atoms. The Morgan fingerprint density at radius 1 is 1.22 bits per heavy atom. The highest BCUT2D eigenvalue weighted by atomic mass is 32.2. The quantitative estimate of drug-likeness (QED) is 0.378. The first kappa shape index (κ1) is 22.4. The molecule has 0 aliphatic carbocycles. The van der Waals surface area contributed by atoms with E-state index in [-0.39, 0.29) is 47.7 Å².